The van der Waals surface area contributed by atoms with E-state index in [9.17, 15) is 0 Å². The van der Waals surface area contributed by atoms with Gasteiger partial charge in [-0.2, -0.15) is 0 Å². The van der Waals surface area contributed by atoms with E-state index < -0.39 is 0 Å². The molecule has 0 amide bonds. The van der Waals surface area contributed by atoms with Crippen LogP contribution in [0.1, 0.15) is 17.2 Å². The second-order valence-electron chi connectivity index (χ2n) is 3.45. The second kappa shape index (κ2) is 5.21. The van der Waals surface area contributed by atoms with Gasteiger partial charge in [-0.3, -0.25) is 0 Å². The van der Waals surface area contributed by atoms with Crippen molar-refractivity contribution in [1.29, 1.82) is 0 Å². The summed E-state index contributed by atoms with van der Waals surface area (Å²) < 4.78 is 6.16. The minimum atomic E-state index is 0.119. The van der Waals surface area contributed by atoms with Crippen LogP contribution in [0.15, 0.2) is 41.2 Å². The molecule has 2 rings (SSSR count). The quantitative estimate of drug-likeness (QED) is 0.853. The molecule has 16 heavy (non-hydrogen) atoms. The van der Waals surface area contributed by atoms with Crippen molar-refractivity contribution in [3.63, 3.8) is 0 Å². The van der Waals surface area contributed by atoms with E-state index in [-0.39, 0.29) is 6.04 Å². The Morgan fingerprint density at radius 3 is 2.69 bits per heavy atom. The van der Waals surface area contributed by atoms with Gasteiger partial charge in [0.25, 0.3) is 0 Å². The molecule has 0 saturated heterocycles. The maximum Gasteiger partial charge on any atom is 0.0953 e. The van der Waals surface area contributed by atoms with Crippen LogP contribution in [0.25, 0.3) is 0 Å². The van der Waals surface area contributed by atoms with Gasteiger partial charge in [0.15, 0.2) is 0 Å². The molecule has 2 nitrogen and oxygen atoms in total. The lowest BCUT2D eigenvalue weighted by Gasteiger charge is -2.15. The molecule has 0 fully saturated rings. The fourth-order valence-corrected chi connectivity index (χ4v) is 2.18. The van der Waals surface area contributed by atoms with E-state index in [2.05, 4.69) is 34.0 Å². The zero-order chi connectivity index (χ0) is 11.5. The maximum atomic E-state index is 6.12. The fourth-order valence-electron chi connectivity index (χ4n) is 1.66. The van der Waals surface area contributed by atoms with E-state index in [0.29, 0.717) is 0 Å². The summed E-state index contributed by atoms with van der Waals surface area (Å²) in [4.78, 5) is 0. The van der Waals surface area contributed by atoms with Crippen LogP contribution in [0.2, 0.25) is 5.02 Å². The summed E-state index contributed by atoms with van der Waals surface area (Å²) in [5, 5.41) is 4.03. The molecule has 0 radical (unpaired) electrons. The van der Waals surface area contributed by atoms with E-state index >= 15 is 0 Å². The Kier molecular flexibility index (Phi) is 3.89. The lowest BCUT2D eigenvalue weighted by molar-refractivity contribution is 0.557. The maximum absolute atomic E-state index is 6.12. The predicted octanol–water partition coefficient (Wildman–Crippen LogP) is 3.85. The second-order valence-corrected chi connectivity index (χ2v) is 5.02. The van der Waals surface area contributed by atoms with Gasteiger partial charge < -0.3 is 9.73 Å². The van der Waals surface area contributed by atoms with Gasteiger partial charge in [-0.05, 0) is 53.4 Å². The van der Waals surface area contributed by atoms with Crippen LogP contribution in [0.5, 0.6) is 0 Å². The van der Waals surface area contributed by atoms with E-state index in [0.717, 1.165) is 19.7 Å². The Labute approximate surface area is 113 Å². The van der Waals surface area contributed by atoms with Crippen LogP contribution in [-0.2, 0) is 0 Å². The summed E-state index contributed by atoms with van der Waals surface area (Å²) in [6, 6.07) is 8.14. The lowest BCUT2D eigenvalue weighted by Crippen LogP contribution is -2.16. The summed E-state index contributed by atoms with van der Waals surface area (Å²) in [5.41, 5.74) is 2.23. The van der Waals surface area contributed by atoms with Crippen molar-refractivity contribution < 1.29 is 4.42 Å². The number of rotatable bonds is 3. The van der Waals surface area contributed by atoms with Crippen LogP contribution in [0.3, 0.4) is 0 Å². The summed E-state index contributed by atoms with van der Waals surface area (Å²) in [6.45, 7) is 0. The van der Waals surface area contributed by atoms with Gasteiger partial charge in [0.05, 0.1) is 23.6 Å². The molecule has 1 atom stereocenters. The van der Waals surface area contributed by atoms with Crippen molar-refractivity contribution in [3.8, 4) is 0 Å². The average molecular weight is 348 g/mol. The average Bonchev–Trinajstić information content (AvgIpc) is 2.78. The molecule has 0 aliphatic heterocycles. The number of halogens is 2. The summed E-state index contributed by atoms with van der Waals surface area (Å²) in [5.74, 6) is 0. The highest BCUT2D eigenvalue weighted by Gasteiger charge is 2.13. The van der Waals surface area contributed by atoms with E-state index in [1.807, 2.05) is 25.2 Å². The third kappa shape index (κ3) is 2.42. The van der Waals surface area contributed by atoms with Crippen molar-refractivity contribution in [2.45, 2.75) is 6.04 Å². The van der Waals surface area contributed by atoms with E-state index in [1.165, 1.54) is 0 Å². The standard InChI is InChI=1S/C12H11ClINO/c1-15-12(9-4-5-16-7-9)8-2-3-11(14)10(13)6-8/h2-7,12,15H,1H3. The van der Waals surface area contributed by atoms with Gasteiger partial charge >= 0.3 is 0 Å². The normalized spacial score (nSPS) is 12.7. The van der Waals surface area contributed by atoms with Crippen molar-refractivity contribution in [2.75, 3.05) is 7.05 Å². The molecule has 1 aromatic heterocycles. The Bertz CT molecular complexity index is 470. The third-order valence-corrected chi connectivity index (χ3v) is 4.01. The first-order valence-electron chi connectivity index (χ1n) is 4.86. The van der Waals surface area contributed by atoms with Crippen LogP contribution >= 0.6 is 34.2 Å². The molecule has 1 unspecified atom stereocenters. The molecule has 0 aliphatic rings. The number of furan rings is 1. The molecular weight excluding hydrogens is 336 g/mol. The minimum Gasteiger partial charge on any atom is -0.472 e. The largest absolute Gasteiger partial charge is 0.472 e. The first-order chi connectivity index (χ1) is 7.72. The number of nitrogens with one attached hydrogen (secondary N) is 1. The Morgan fingerprint density at radius 1 is 1.31 bits per heavy atom. The van der Waals surface area contributed by atoms with E-state index in [4.69, 9.17) is 16.0 Å². The van der Waals surface area contributed by atoms with Crippen molar-refractivity contribution in [3.05, 3.63) is 56.5 Å². The van der Waals surface area contributed by atoms with Crippen LogP contribution in [0.4, 0.5) is 0 Å². The molecule has 0 bridgehead atoms. The summed E-state index contributed by atoms with van der Waals surface area (Å²) >= 11 is 8.34. The Balaban J connectivity index is 2.37. The number of hydrogen-bond donors (Lipinski definition) is 1. The summed E-state index contributed by atoms with van der Waals surface area (Å²) in [7, 11) is 1.92. The molecule has 84 valence electrons. The first-order valence-corrected chi connectivity index (χ1v) is 6.32. The molecule has 2 aromatic rings. The van der Waals surface area contributed by atoms with Gasteiger partial charge in [-0.25, -0.2) is 0 Å². The molecule has 1 aromatic carbocycles. The van der Waals surface area contributed by atoms with Crippen molar-refractivity contribution in [1.82, 2.24) is 5.32 Å². The topological polar surface area (TPSA) is 25.2 Å². The smallest absolute Gasteiger partial charge is 0.0953 e. The molecule has 0 saturated carbocycles. The van der Waals surface area contributed by atoms with Gasteiger partial charge in [0.2, 0.25) is 0 Å². The Morgan fingerprint density at radius 2 is 2.12 bits per heavy atom. The van der Waals surface area contributed by atoms with Crippen LogP contribution < -0.4 is 5.32 Å². The van der Waals surface area contributed by atoms with Gasteiger partial charge in [0.1, 0.15) is 0 Å². The third-order valence-electron chi connectivity index (χ3n) is 2.44. The molecule has 0 spiro atoms. The van der Waals surface area contributed by atoms with Crippen molar-refractivity contribution in [2.24, 2.45) is 0 Å². The molecule has 1 N–H and O–H groups in total. The Hall–Kier alpha value is -0.520. The zero-order valence-electron chi connectivity index (χ0n) is 8.71. The van der Waals surface area contributed by atoms with Gasteiger partial charge in [0, 0.05) is 9.13 Å². The van der Waals surface area contributed by atoms with E-state index in [1.54, 1.807) is 12.5 Å². The van der Waals surface area contributed by atoms with Gasteiger partial charge in [-0.1, -0.05) is 17.7 Å². The minimum absolute atomic E-state index is 0.119. The van der Waals surface area contributed by atoms with Crippen LogP contribution in [-0.4, -0.2) is 7.05 Å². The molecule has 0 aliphatic carbocycles. The lowest BCUT2D eigenvalue weighted by atomic mass is 10.0. The number of benzene rings is 1. The molecule has 1 heterocycles. The summed E-state index contributed by atoms with van der Waals surface area (Å²) in [6.07, 6.45) is 3.42. The number of hydrogen-bond acceptors (Lipinski definition) is 2. The van der Waals surface area contributed by atoms with Crippen molar-refractivity contribution >= 4 is 34.2 Å². The molecule has 4 heteroatoms. The van der Waals surface area contributed by atoms with Crippen LogP contribution in [0, 0.1) is 3.57 Å². The highest BCUT2D eigenvalue weighted by Crippen LogP contribution is 2.27. The van der Waals surface area contributed by atoms with Gasteiger partial charge in [-0.15, -0.1) is 0 Å². The predicted molar refractivity (Wildman–Crippen MR) is 73.8 cm³/mol. The highest BCUT2D eigenvalue weighted by atomic mass is 127. The highest BCUT2D eigenvalue weighted by molar-refractivity contribution is 14.1. The first kappa shape index (κ1) is 12.0. The zero-order valence-corrected chi connectivity index (χ0v) is 11.6. The monoisotopic (exact) mass is 347 g/mol. The fraction of sp³-hybridized carbons (Fsp3) is 0.167. The molecular formula is C12H11ClINO. The SMILES string of the molecule is CNC(c1ccoc1)c1ccc(I)c(Cl)c1.